The highest BCUT2D eigenvalue weighted by atomic mass is 35.5. The van der Waals surface area contributed by atoms with E-state index in [2.05, 4.69) is 0 Å². The summed E-state index contributed by atoms with van der Waals surface area (Å²) in [4.78, 5) is 37.4. The number of nitrogens with zero attached hydrogens (tertiary/aromatic N) is 1. The maximum atomic E-state index is 12.4. The molecule has 1 atom stereocenters. The SMILES string of the molecule is NC(=O)[C@@H]1CCCN1C(=O)COc1cc2oc(=O)c3c(c2cc1Cl)CCC3. The third-order valence-electron chi connectivity index (χ3n) is 5.28. The van der Waals surface area contributed by atoms with Gasteiger partial charge in [-0.1, -0.05) is 11.6 Å². The predicted octanol–water partition coefficient (Wildman–Crippen LogP) is 1.79. The first-order valence-corrected chi connectivity index (χ1v) is 9.33. The minimum Gasteiger partial charge on any atom is -0.482 e. The van der Waals surface area contributed by atoms with Gasteiger partial charge in [0.05, 0.1) is 5.02 Å². The summed E-state index contributed by atoms with van der Waals surface area (Å²) in [6.07, 6.45) is 3.74. The molecule has 0 unspecified atom stereocenters. The zero-order valence-electron chi connectivity index (χ0n) is 14.6. The summed E-state index contributed by atoms with van der Waals surface area (Å²) in [7, 11) is 0. The van der Waals surface area contributed by atoms with E-state index in [0.29, 0.717) is 29.1 Å². The van der Waals surface area contributed by atoms with Crippen LogP contribution in [0.2, 0.25) is 5.02 Å². The van der Waals surface area contributed by atoms with Gasteiger partial charge in [0, 0.05) is 23.6 Å². The Kier molecular flexibility index (Phi) is 4.55. The summed E-state index contributed by atoms with van der Waals surface area (Å²) < 4.78 is 11.0. The van der Waals surface area contributed by atoms with Gasteiger partial charge in [-0.15, -0.1) is 0 Å². The third kappa shape index (κ3) is 3.16. The lowest BCUT2D eigenvalue weighted by Crippen LogP contribution is -2.45. The highest BCUT2D eigenvalue weighted by Gasteiger charge is 2.32. The number of halogens is 1. The number of nitrogens with two attached hydrogens (primary N) is 1. The minimum absolute atomic E-state index is 0.258. The van der Waals surface area contributed by atoms with Crippen LogP contribution in [-0.2, 0) is 22.4 Å². The minimum atomic E-state index is -0.589. The Morgan fingerprint density at radius 2 is 2.04 bits per heavy atom. The molecule has 0 bridgehead atoms. The number of primary amides is 1. The van der Waals surface area contributed by atoms with Crippen LogP contribution in [0.5, 0.6) is 5.75 Å². The zero-order chi connectivity index (χ0) is 19.1. The molecule has 2 heterocycles. The summed E-state index contributed by atoms with van der Waals surface area (Å²) in [6, 6.07) is 2.67. The van der Waals surface area contributed by atoms with Crippen LogP contribution in [0, 0.1) is 0 Å². The largest absolute Gasteiger partial charge is 0.482 e. The van der Waals surface area contributed by atoms with Crippen molar-refractivity contribution in [3.05, 3.63) is 38.7 Å². The van der Waals surface area contributed by atoms with Gasteiger partial charge in [0.1, 0.15) is 17.4 Å². The Labute approximate surface area is 160 Å². The van der Waals surface area contributed by atoms with Crippen LogP contribution in [0.1, 0.15) is 30.4 Å². The molecule has 0 radical (unpaired) electrons. The third-order valence-corrected chi connectivity index (χ3v) is 5.57. The Bertz CT molecular complexity index is 1000. The number of hydrogen-bond acceptors (Lipinski definition) is 5. The molecule has 4 rings (SSSR count). The number of fused-ring (bicyclic) bond motifs is 3. The van der Waals surface area contributed by atoms with Gasteiger partial charge in [0.25, 0.3) is 5.91 Å². The second kappa shape index (κ2) is 6.88. The van der Waals surface area contributed by atoms with Crippen LogP contribution in [0.3, 0.4) is 0 Å². The number of amides is 2. The van der Waals surface area contributed by atoms with Gasteiger partial charge in [-0.3, -0.25) is 9.59 Å². The second-order valence-corrected chi connectivity index (χ2v) is 7.32. The fraction of sp³-hybridized carbons (Fsp3) is 0.421. The lowest BCUT2D eigenvalue weighted by Gasteiger charge is -2.22. The van der Waals surface area contributed by atoms with Crippen molar-refractivity contribution in [2.24, 2.45) is 5.73 Å². The van der Waals surface area contributed by atoms with Crippen molar-refractivity contribution in [2.45, 2.75) is 38.1 Å². The number of likely N-dealkylation sites (tertiary alicyclic amines) is 1. The molecule has 1 aliphatic heterocycles. The molecule has 2 amide bonds. The number of rotatable bonds is 4. The molecule has 1 aromatic heterocycles. The van der Waals surface area contributed by atoms with Crippen LogP contribution in [0.15, 0.2) is 21.3 Å². The first kappa shape index (κ1) is 17.9. The molecule has 1 fully saturated rings. The van der Waals surface area contributed by atoms with E-state index >= 15 is 0 Å². The van der Waals surface area contributed by atoms with Crippen molar-refractivity contribution in [1.29, 1.82) is 0 Å². The number of carbonyl (C=O) groups is 2. The maximum Gasteiger partial charge on any atom is 0.339 e. The molecule has 0 spiro atoms. The quantitative estimate of drug-likeness (QED) is 0.801. The Hall–Kier alpha value is -2.54. The van der Waals surface area contributed by atoms with Gasteiger partial charge < -0.3 is 19.8 Å². The molecular formula is C19H19ClN2O5. The van der Waals surface area contributed by atoms with E-state index < -0.39 is 11.9 Å². The normalized spacial score (nSPS) is 18.7. The highest BCUT2D eigenvalue weighted by Crippen LogP contribution is 2.34. The second-order valence-electron chi connectivity index (χ2n) is 6.92. The van der Waals surface area contributed by atoms with Crippen molar-refractivity contribution in [3.8, 4) is 5.75 Å². The average molecular weight is 391 g/mol. The first-order valence-electron chi connectivity index (χ1n) is 8.95. The van der Waals surface area contributed by atoms with Gasteiger partial charge in [-0.05, 0) is 43.7 Å². The van der Waals surface area contributed by atoms with Crippen molar-refractivity contribution in [3.63, 3.8) is 0 Å². The summed E-state index contributed by atoms with van der Waals surface area (Å²) in [6.45, 7) is 0.201. The molecule has 1 saturated heterocycles. The smallest absolute Gasteiger partial charge is 0.339 e. The molecule has 142 valence electrons. The standard InChI is InChI=1S/C19H19ClN2O5/c20-13-7-12-10-3-1-4-11(10)19(25)27-15(12)8-16(13)26-9-17(23)22-6-2-5-14(22)18(21)24/h7-8,14H,1-6,9H2,(H2,21,24)/t14-/m0/s1. The fourth-order valence-corrected chi connectivity index (χ4v) is 4.19. The van der Waals surface area contributed by atoms with Crippen LogP contribution in [-0.4, -0.2) is 35.9 Å². The molecule has 27 heavy (non-hydrogen) atoms. The summed E-state index contributed by atoms with van der Waals surface area (Å²) in [5.74, 6) is -0.587. The molecule has 2 N–H and O–H groups in total. The van der Waals surface area contributed by atoms with Crippen molar-refractivity contribution in [2.75, 3.05) is 13.2 Å². The Morgan fingerprint density at radius 3 is 2.81 bits per heavy atom. The van der Waals surface area contributed by atoms with Gasteiger partial charge in [0.15, 0.2) is 6.61 Å². The van der Waals surface area contributed by atoms with Crippen molar-refractivity contribution < 1.29 is 18.7 Å². The van der Waals surface area contributed by atoms with Gasteiger partial charge >= 0.3 is 5.63 Å². The number of carbonyl (C=O) groups excluding carboxylic acids is 2. The molecule has 2 aliphatic rings. The number of benzene rings is 1. The molecule has 2 aromatic rings. The summed E-state index contributed by atoms with van der Waals surface area (Å²) >= 11 is 6.32. The Balaban J connectivity index is 1.57. The van der Waals surface area contributed by atoms with E-state index in [4.69, 9.17) is 26.5 Å². The molecule has 1 aromatic carbocycles. The Morgan fingerprint density at radius 1 is 1.26 bits per heavy atom. The van der Waals surface area contributed by atoms with Crippen LogP contribution >= 0.6 is 11.6 Å². The lowest BCUT2D eigenvalue weighted by atomic mass is 10.1. The molecule has 8 heteroatoms. The summed E-state index contributed by atoms with van der Waals surface area (Å²) in [5.41, 5.74) is 7.10. The van der Waals surface area contributed by atoms with Gasteiger partial charge in [-0.25, -0.2) is 4.79 Å². The van der Waals surface area contributed by atoms with E-state index in [0.717, 1.165) is 36.6 Å². The van der Waals surface area contributed by atoms with E-state index in [1.807, 2.05) is 0 Å². The van der Waals surface area contributed by atoms with E-state index in [9.17, 15) is 14.4 Å². The number of hydrogen-bond donors (Lipinski definition) is 1. The fourth-order valence-electron chi connectivity index (χ4n) is 3.98. The monoisotopic (exact) mass is 390 g/mol. The number of aryl methyl sites for hydroxylation is 1. The first-order chi connectivity index (χ1) is 13.0. The van der Waals surface area contributed by atoms with Crippen molar-refractivity contribution in [1.82, 2.24) is 4.90 Å². The van der Waals surface area contributed by atoms with Crippen LogP contribution < -0.4 is 16.1 Å². The zero-order valence-corrected chi connectivity index (χ0v) is 15.4. The summed E-state index contributed by atoms with van der Waals surface area (Å²) in [5, 5.41) is 1.14. The van der Waals surface area contributed by atoms with Crippen LogP contribution in [0.4, 0.5) is 0 Å². The predicted molar refractivity (Wildman–Crippen MR) is 98.9 cm³/mol. The molecule has 1 aliphatic carbocycles. The lowest BCUT2D eigenvalue weighted by molar-refractivity contribution is -0.138. The number of ether oxygens (including phenoxy) is 1. The molecule has 7 nitrogen and oxygen atoms in total. The van der Waals surface area contributed by atoms with E-state index in [-0.39, 0.29) is 23.9 Å². The van der Waals surface area contributed by atoms with Gasteiger partial charge in [0.2, 0.25) is 5.91 Å². The molecule has 0 saturated carbocycles. The maximum absolute atomic E-state index is 12.4. The average Bonchev–Trinajstić information content (AvgIpc) is 3.30. The topological polar surface area (TPSA) is 103 Å². The van der Waals surface area contributed by atoms with Crippen LogP contribution in [0.25, 0.3) is 11.0 Å². The van der Waals surface area contributed by atoms with Crippen molar-refractivity contribution >= 4 is 34.4 Å². The molecular weight excluding hydrogens is 372 g/mol. The van der Waals surface area contributed by atoms with E-state index in [1.54, 1.807) is 12.1 Å². The highest BCUT2D eigenvalue weighted by molar-refractivity contribution is 6.32. The van der Waals surface area contributed by atoms with Gasteiger partial charge in [-0.2, -0.15) is 0 Å². The van der Waals surface area contributed by atoms with E-state index in [1.165, 1.54) is 4.90 Å².